The fraction of sp³-hybridized carbons (Fsp3) is 0.643. The summed E-state index contributed by atoms with van der Waals surface area (Å²) in [7, 11) is 2.17. The van der Waals surface area contributed by atoms with Gasteiger partial charge in [-0.15, -0.1) is 0 Å². The van der Waals surface area contributed by atoms with Crippen LogP contribution >= 0.6 is 0 Å². The van der Waals surface area contributed by atoms with Crippen molar-refractivity contribution in [3.8, 4) is 0 Å². The lowest BCUT2D eigenvalue weighted by atomic mass is 9.88. The quantitative estimate of drug-likeness (QED) is 0.741. The number of anilines is 1. The Morgan fingerprint density at radius 2 is 1.71 bits per heavy atom. The van der Waals surface area contributed by atoms with Crippen molar-refractivity contribution in [2.75, 3.05) is 38.1 Å². The standard InChI is InChI=1S/C14H23N3/c1-14(2,3)12-5-6-13(15-11-12)17-9-7-16(4)8-10-17/h5-6,11H,7-10H2,1-4H3. The van der Waals surface area contributed by atoms with Crippen LogP contribution in [-0.4, -0.2) is 43.1 Å². The summed E-state index contributed by atoms with van der Waals surface area (Å²) in [6.07, 6.45) is 2.02. The lowest BCUT2D eigenvalue weighted by Gasteiger charge is -2.33. The van der Waals surface area contributed by atoms with Gasteiger partial charge in [0.05, 0.1) is 0 Å². The van der Waals surface area contributed by atoms with E-state index in [0.29, 0.717) is 0 Å². The van der Waals surface area contributed by atoms with E-state index in [1.165, 1.54) is 5.56 Å². The number of hydrogen-bond donors (Lipinski definition) is 0. The number of likely N-dealkylation sites (N-methyl/N-ethyl adjacent to an activating group) is 1. The van der Waals surface area contributed by atoms with Crippen molar-refractivity contribution in [3.05, 3.63) is 23.9 Å². The Labute approximate surface area is 104 Å². The summed E-state index contributed by atoms with van der Waals surface area (Å²) in [4.78, 5) is 9.33. The predicted octanol–water partition coefficient (Wildman–Crippen LogP) is 2.13. The van der Waals surface area contributed by atoms with Crippen molar-refractivity contribution in [1.29, 1.82) is 0 Å². The third-order valence-electron chi connectivity index (χ3n) is 3.44. The van der Waals surface area contributed by atoms with Crippen LogP contribution in [0.15, 0.2) is 18.3 Å². The van der Waals surface area contributed by atoms with Crippen LogP contribution in [0.3, 0.4) is 0 Å². The van der Waals surface area contributed by atoms with Gasteiger partial charge in [-0.05, 0) is 24.1 Å². The van der Waals surface area contributed by atoms with E-state index < -0.39 is 0 Å². The van der Waals surface area contributed by atoms with E-state index >= 15 is 0 Å². The van der Waals surface area contributed by atoms with Gasteiger partial charge in [-0.3, -0.25) is 0 Å². The molecule has 1 aliphatic rings. The summed E-state index contributed by atoms with van der Waals surface area (Å²) in [5, 5.41) is 0. The van der Waals surface area contributed by atoms with E-state index in [4.69, 9.17) is 0 Å². The highest BCUT2D eigenvalue weighted by Crippen LogP contribution is 2.23. The van der Waals surface area contributed by atoms with Crippen LogP contribution < -0.4 is 4.90 Å². The van der Waals surface area contributed by atoms with Crippen LogP contribution in [0.2, 0.25) is 0 Å². The first kappa shape index (κ1) is 12.4. The molecular weight excluding hydrogens is 210 g/mol. The van der Waals surface area contributed by atoms with Crippen molar-refractivity contribution >= 4 is 5.82 Å². The Hall–Kier alpha value is -1.09. The van der Waals surface area contributed by atoms with Gasteiger partial charge in [0.1, 0.15) is 5.82 Å². The third-order valence-corrected chi connectivity index (χ3v) is 3.44. The largest absolute Gasteiger partial charge is 0.354 e. The number of rotatable bonds is 1. The van der Waals surface area contributed by atoms with Gasteiger partial charge in [-0.2, -0.15) is 0 Å². The minimum Gasteiger partial charge on any atom is -0.354 e. The van der Waals surface area contributed by atoms with Gasteiger partial charge < -0.3 is 9.80 Å². The molecule has 1 aromatic heterocycles. The first-order valence-electron chi connectivity index (χ1n) is 6.37. The van der Waals surface area contributed by atoms with Crippen LogP contribution in [0.5, 0.6) is 0 Å². The molecule has 1 aliphatic heterocycles. The summed E-state index contributed by atoms with van der Waals surface area (Å²) in [6, 6.07) is 4.37. The molecule has 0 aliphatic carbocycles. The Balaban J connectivity index is 2.08. The lowest BCUT2D eigenvalue weighted by Crippen LogP contribution is -2.44. The lowest BCUT2D eigenvalue weighted by molar-refractivity contribution is 0.312. The average Bonchev–Trinajstić information content (AvgIpc) is 2.29. The second-order valence-corrected chi connectivity index (χ2v) is 5.95. The van der Waals surface area contributed by atoms with E-state index in [2.05, 4.69) is 54.7 Å². The second-order valence-electron chi connectivity index (χ2n) is 5.95. The number of aromatic nitrogens is 1. The molecule has 0 radical (unpaired) electrons. The van der Waals surface area contributed by atoms with Gasteiger partial charge in [0.15, 0.2) is 0 Å². The minimum absolute atomic E-state index is 0.188. The molecule has 2 rings (SSSR count). The molecule has 0 N–H and O–H groups in total. The van der Waals surface area contributed by atoms with Gasteiger partial charge in [0.2, 0.25) is 0 Å². The normalized spacial score (nSPS) is 18.5. The maximum atomic E-state index is 4.60. The topological polar surface area (TPSA) is 19.4 Å². The zero-order valence-electron chi connectivity index (χ0n) is 11.4. The molecule has 3 heteroatoms. The fourth-order valence-electron chi connectivity index (χ4n) is 2.05. The Morgan fingerprint density at radius 1 is 1.06 bits per heavy atom. The monoisotopic (exact) mass is 233 g/mol. The molecule has 94 valence electrons. The molecule has 1 fully saturated rings. The molecule has 0 spiro atoms. The molecule has 0 saturated carbocycles. The number of hydrogen-bond acceptors (Lipinski definition) is 3. The van der Waals surface area contributed by atoms with Crippen molar-refractivity contribution in [2.24, 2.45) is 0 Å². The zero-order valence-corrected chi connectivity index (χ0v) is 11.4. The van der Waals surface area contributed by atoms with Crippen molar-refractivity contribution in [1.82, 2.24) is 9.88 Å². The molecule has 17 heavy (non-hydrogen) atoms. The molecule has 0 atom stereocenters. The maximum Gasteiger partial charge on any atom is 0.128 e. The van der Waals surface area contributed by atoms with E-state index in [-0.39, 0.29) is 5.41 Å². The van der Waals surface area contributed by atoms with Crippen molar-refractivity contribution in [3.63, 3.8) is 0 Å². The summed E-state index contributed by atoms with van der Waals surface area (Å²) >= 11 is 0. The summed E-state index contributed by atoms with van der Waals surface area (Å²) in [5.41, 5.74) is 1.49. The van der Waals surface area contributed by atoms with Crippen LogP contribution in [0.1, 0.15) is 26.3 Å². The molecule has 0 aromatic carbocycles. The van der Waals surface area contributed by atoms with Crippen LogP contribution in [-0.2, 0) is 5.41 Å². The second kappa shape index (κ2) is 4.65. The molecule has 2 heterocycles. The summed E-state index contributed by atoms with van der Waals surface area (Å²) in [6.45, 7) is 11.1. The summed E-state index contributed by atoms with van der Waals surface area (Å²) < 4.78 is 0. The number of piperazine rings is 1. The zero-order chi connectivity index (χ0) is 12.5. The molecule has 1 aromatic rings. The Kier molecular flexibility index (Phi) is 3.38. The molecule has 3 nitrogen and oxygen atoms in total. The number of nitrogens with zero attached hydrogens (tertiary/aromatic N) is 3. The average molecular weight is 233 g/mol. The van der Waals surface area contributed by atoms with Crippen LogP contribution in [0.25, 0.3) is 0 Å². The fourth-order valence-corrected chi connectivity index (χ4v) is 2.05. The molecule has 1 saturated heterocycles. The third kappa shape index (κ3) is 2.97. The van der Waals surface area contributed by atoms with Crippen molar-refractivity contribution in [2.45, 2.75) is 26.2 Å². The SMILES string of the molecule is CN1CCN(c2ccc(C(C)(C)C)cn2)CC1. The minimum atomic E-state index is 0.188. The van der Waals surface area contributed by atoms with Gasteiger partial charge in [-0.1, -0.05) is 26.8 Å². The summed E-state index contributed by atoms with van der Waals surface area (Å²) in [5.74, 6) is 1.12. The van der Waals surface area contributed by atoms with E-state index in [0.717, 1.165) is 32.0 Å². The molecule has 0 unspecified atom stereocenters. The highest BCUT2D eigenvalue weighted by Gasteiger charge is 2.17. The van der Waals surface area contributed by atoms with Gasteiger partial charge in [0, 0.05) is 32.4 Å². The van der Waals surface area contributed by atoms with E-state index in [9.17, 15) is 0 Å². The van der Waals surface area contributed by atoms with Gasteiger partial charge in [0.25, 0.3) is 0 Å². The Bertz CT molecular complexity index is 356. The predicted molar refractivity (Wildman–Crippen MR) is 72.6 cm³/mol. The van der Waals surface area contributed by atoms with Crippen LogP contribution in [0, 0.1) is 0 Å². The smallest absolute Gasteiger partial charge is 0.128 e. The van der Waals surface area contributed by atoms with E-state index in [1.54, 1.807) is 0 Å². The van der Waals surface area contributed by atoms with Crippen LogP contribution in [0.4, 0.5) is 5.82 Å². The molecular formula is C14H23N3. The van der Waals surface area contributed by atoms with Crippen molar-refractivity contribution < 1.29 is 0 Å². The Morgan fingerprint density at radius 3 is 2.18 bits per heavy atom. The van der Waals surface area contributed by atoms with Gasteiger partial charge in [-0.25, -0.2) is 4.98 Å². The molecule has 0 bridgehead atoms. The van der Waals surface area contributed by atoms with Gasteiger partial charge >= 0.3 is 0 Å². The highest BCUT2D eigenvalue weighted by molar-refractivity contribution is 5.41. The highest BCUT2D eigenvalue weighted by atomic mass is 15.3. The van der Waals surface area contributed by atoms with E-state index in [1.807, 2.05) is 6.20 Å². The first-order chi connectivity index (χ1) is 7.97. The number of pyridine rings is 1. The maximum absolute atomic E-state index is 4.60. The molecule has 0 amide bonds. The first-order valence-corrected chi connectivity index (χ1v) is 6.37.